The number of hydrogen-bond donors (Lipinski definition) is 11. The van der Waals surface area contributed by atoms with Crippen molar-refractivity contribution in [1.82, 2.24) is 37.0 Å². The van der Waals surface area contributed by atoms with Crippen molar-refractivity contribution in [3.8, 4) is 46.7 Å². The molecule has 0 radical (unpaired) electrons. The van der Waals surface area contributed by atoms with E-state index in [-0.39, 0.29) is 139 Å². The summed E-state index contributed by atoms with van der Waals surface area (Å²) < 4.78 is 78.2. The highest BCUT2D eigenvalue weighted by Gasteiger charge is 2.53. The second-order valence-electron chi connectivity index (χ2n) is 31.3. The summed E-state index contributed by atoms with van der Waals surface area (Å²) in [5.74, 6) is 10.0. The van der Waals surface area contributed by atoms with Crippen molar-refractivity contribution in [2.75, 3.05) is 87.3 Å². The Hall–Kier alpha value is -8.00. The smallest absolute Gasteiger partial charge is 0.411 e. The summed E-state index contributed by atoms with van der Waals surface area (Å²) in [6.07, 6.45) is -10.0. The molecule has 2 aromatic carbocycles. The molecule has 5 aliphatic heterocycles. The zero-order valence-corrected chi connectivity index (χ0v) is 77.7. The first-order valence-electron chi connectivity index (χ1n) is 41.6. The van der Waals surface area contributed by atoms with E-state index in [1.54, 1.807) is 52.8 Å². The molecule has 2 aromatic rings. The zero-order chi connectivity index (χ0) is 92.4. The molecule has 5 heterocycles. The number of hydrogen-bond acceptors (Lipinski definition) is 34. The fourth-order valence-electron chi connectivity index (χ4n) is 14.7. The van der Waals surface area contributed by atoms with E-state index in [0.29, 0.717) is 72.3 Å². The summed E-state index contributed by atoms with van der Waals surface area (Å²) in [5, 5.41) is 75.7. The number of benzene rings is 2. The molecule has 37 nitrogen and oxygen atoms in total. The third-order valence-corrected chi connectivity index (χ3v) is 27.4. The number of rotatable bonds is 43. The summed E-state index contributed by atoms with van der Waals surface area (Å²) in [5.41, 5.74) is 2.04. The van der Waals surface area contributed by atoms with Crippen molar-refractivity contribution in [2.24, 2.45) is 5.16 Å². The number of nitrogens with zero attached hydrogens (tertiary/aromatic N) is 2. The van der Waals surface area contributed by atoms with E-state index in [1.165, 1.54) is 86.2 Å². The number of oxime groups is 1. The molecule has 9 rings (SSSR count). The van der Waals surface area contributed by atoms with Crippen LogP contribution in [-0.2, 0) is 85.9 Å². The minimum atomic E-state index is -2.22. The van der Waals surface area contributed by atoms with E-state index >= 15 is 0 Å². The molecule has 0 saturated carbocycles. The summed E-state index contributed by atoms with van der Waals surface area (Å²) in [6.45, 7) is 14.9. The Kier molecular flexibility index (Phi) is 39.9. The molecular formula is C86H115IN8O29S3. The van der Waals surface area contributed by atoms with E-state index in [4.69, 9.17) is 71.3 Å². The SMILES string of the molecule is COC(=O)NC1=C2/C(=C\CSSC(C)(C)CCC(=O)NCCO/N=C(/C)c3ccc(OCCCC(=O)NCCNC(=O)CCCCCN4C(=O)C=CC4=O)cc3)[C@](O)(C#C/C=C\C#C[C@@H]2OC2OC(C)C(NOC3CC(O)C(SC(=O)c4c(C)c(I)c(OC5OC(C)C(O)C(OC)C5O)c(OC)c4OC)C(C)O3)C(O)C2OC2CC(OC)C(NC(C)=O)CO2)CC1=O. The van der Waals surface area contributed by atoms with Crippen molar-refractivity contribution >= 4 is 114 Å². The standard InChI is InChI=1S/C86H115IN8O29S3/c1-46-67(75(111-10)79(113-12)76(69(46)87)123-82-74(106)77(112-11)72(104)49(4)120-82)81(107)126-80-50(5)118-66(42-56(80)97)124-94-70-48(3)119-83(78(73(70)105)122-65-43-59(110-9)55(45-116-65)91-51(6)96)121-58-22-17-14-15-19-33-86(109)44-57(98)71(92-84(108)114-13)68(58)54(86)32-41-125-127-85(7,8)34-31-62(101)90-37-40-117-93-47(2)52-25-27-53(28-26-52)115-39-21-24-61(100)89-36-35-88-60(99)23-18-16-20-38-95-63(102)29-30-64(95)103/h14-15,25-30,32,48-50,55-56,58-59,65-66,70,72-74,77-78,80,82-83,94,97,104-106,109H,16,18,20-21,23-24,31,34-45H2,1-13H3,(H,88,99)(H,89,100)(H,90,101)(H,91,96)(H,92,108)/b15-14-,54-32+,93-47-/t48?,49?,50?,55?,56?,58-,59?,65?,66?,70?,72?,73?,74?,77?,78?,80?,82?,83?,86-/m0/s1. The minimum absolute atomic E-state index is 0.00181. The molecular weight excluding hydrogens is 1830 g/mol. The van der Waals surface area contributed by atoms with Crippen LogP contribution in [0, 0.1) is 34.2 Å². The van der Waals surface area contributed by atoms with Gasteiger partial charge >= 0.3 is 6.09 Å². The maximum Gasteiger partial charge on any atom is 0.411 e. The summed E-state index contributed by atoms with van der Waals surface area (Å²) in [7, 11) is 9.39. The number of ether oxygens (including phenoxy) is 13. The number of methoxy groups -OCH3 is 5. The average molecular weight is 1950 g/mol. The molecule has 11 N–H and O–H groups in total. The van der Waals surface area contributed by atoms with E-state index < -0.39 is 143 Å². The number of allylic oxidation sites excluding steroid dienone is 3. The molecule has 0 spiro atoms. The number of hydroxylamine groups is 1. The van der Waals surface area contributed by atoms with Crippen molar-refractivity contribution < 1.29 is 140 Å². The number of imide groups is 1. The number of halogens is 1. The van der Waals surface area contributed by atoms with Gasteiger partial charge in [-0.15, -0.1) is 0 Å². The number of aliphatic hydroxyl groups excluding tert-OH is 4. The number of carbonyl (C=O) groups excluding carboxylic acids is 9. The second-order valence-corrected chi connectivity index (χ2v) is 36.6. The lowest BCUT2D eigenvalue weighted by Crippen LogP contribution is -2.65. The van der Waals surface area contributed by atoms with Gasteiger partial charge in [-0.2, -0.15) is 5.48 Å². The molecule has 2 aliphatic carbocycles. The van der Waals surface area contributed by atoms with Gasteiger partial charge in [-0.05, 0) is 144 Å². The lowest BCUT2D eigenvalue weighted by Gasteiger charge is -2.46. The number of amides is 7. The van der Waals surface area contributed by atoms with Crippen LogP contribution in [0.3, 0.4) is 0 Å². The van der Waals surface area contributed by atoms with Gasteiger partial charge in [0.25, 0.3) is 11.8 Å². The number of thioether (sulfide) groups is 1. The first-order chi connectivity index (χ1) is 60.6. The highest BCUT2D eigenvalue weighted by Crippen LogP contribution is 2.50. The molecule has 17 unspecified atom stereocenters. The second kappa shape index (κ2) is 49.3. The van der Waals surface area contributed by atoms with Crippen molar-refractivity contribution in [3.05, 3.63) is 91.7 Å². The maximum absolute atomic E-state index is 14.6. The van der Waals surface area contributed by atoms with Crippen LogP contribution in [0.1, 0.15) is 141 Å². The van der Waals surface area contributed by atoms with Crippen LogP contribution in [0.5, 0.6) is 23.0 Å². The monoisotopic (exact) mass is 1950 g/mol. The number of fused-ring (bicyclic) bond motifs is 2. The number of carbonyl (C=O) groups is 9. The Bertz CT molecular complexity index is 4470. The number of unbranched alkanes of at least 4 members (excludes halogenated alkanes) is 2. The van der Waals surface area contributed by atoms with Crippen LogP contribution in [-0.4, -0.2) is 296 Å². The molecule has 4 saturated heterocycles. The van der Waals surface area contributed by atoms with Gasteiger partial charge in [-0.25, -0.2) is 4.79 Å². The molecule has 19 atom stereocenters. The molecule has 41 heteroatoms. The Morgan fingerprint density at radius 2 is 1.43 bits per heavy atom. The van der Waals surface area contributed by atoms with E-state index in [9.17, 15) is 68.7 Å². The van der Waals surface area contributed by atoms with Gasteiger partial charge in [-0.1, -0.05) is 74.7 Å². The van der Waals surface area contributed by atoms with Crippen LogP contribution in [0.25, 0.3) is 0 Å². The van der Waals surface area contributed by atoms with Crippen molar-refractivity contribution in [3.63, 3.8) is 0 Å². The molecule has 0 aromatic heterocycles. The van der Waals surface area contributed by atoms with Gasteiger partial charge < -0.3 is 113 Å². The molecule has 127 heavy (non-hydrogen) atoms. The first kappa shape index (κ1) is 103. The topological polar surface area (TPSA) is 481 Å². The quantitative estimate of drug-likeness (QED) is 0.00831. The molecule has 698 valence electrons. The zero-order valence-electron chi connectivity index (χ0n) is 73.1. The average Bonchev–Trinajstić information content (AvgIpc) is 1.52. The third kappa shape index (κ3) is 28.5. The van der Waals surface area contributed by atoms with Gasteiger partial charge in [0, 0.05) is 107 Å². The lowest BCUT2D eigenvalue weighted by molar-refractivity contribution is -0.336. The first-order valence-corrected chi connectivity index (χ1v) is 45.9. The van der Waals surface area contributed by atoms with Crippen LogP contribution >= 0.6 is 55.9 Å². The molecule has 7 amide bonds. The van der Waals surface area contributed by atoms with E-state index in [0.717, 1.165) is 24.4 Å². The molecule has 2 bridgehead atoms. The maximum atomic E-state index is 14.6. The van der Waals surface area contributed by atoms with Gasteiger partial charge in [0.2, 0.25) is 40.8 Å². The highest BCUT2D eigenvalue weighted by molar-refractivity contribution is 14.1. The number of ketones is 1. The Balaban J connectivity index is 0.789. The highest BCUT2D eigenvalue weighted by atomic mass is 127. The number of aliphatic hydroxyl groups is 5. The van der Waals surface area contributed by atoms with Crippen LogP contribution in [0.15, 0.2) is 76.6 Å². The minimum Gasteiger partial charge on any atom is -0.494 e. The van der Waals surface area contributed by atoms with Gasteiger partial charge in [-0.3, -0.25) is 53.4 Å². The Morgan fingerprint density at radius 1 is 0.748 bits per heavy atom. The van der Waals surface area contributed by atoms with Gasteiger partial charge in [0.05, 0.1) is 116 Å². The largest absolute Gasteiger partial charge is 0.494 e. The summed E-state index contributed by atoms with van der Waals surface area (Å²) in [6, 6.07) is 5.38. The van der Waals surface area contributed by atoms with Crippen LogP contribution in [0.4, 0.5) is 4.79 Å². The summed E-state index contributed by atoms with van der Waals surface area (Å²) >= 11 is 2.77. The van der Waals surface area contributed by atoms with E-state index in [1.807, 2.05) is 48.6 Å². The predicted molar refractivity (Wildman–Crippen MR) is 472 cm³/mol. The third-order valence-electron chi connectivity index (χ3n) is 21.6. The molecule has 7 aliphatic rings. The summed E-state index contributed by atoms with van der Waals surface area (Å²) in [4.78, 5) is 129. The van der Waals surface area contributed by atoms with Crippen LogP contribution < -0.4 is 51.0 Å². The van der Waals surface area contributed by atoms with Crippen molar-refractivity contribution in [1.29, 1.82) is 0 Å². The van der Waals surface area contributed by atoms with E-state index in [2.05, 4.69) is 60.9 Å². The van der Waals surface area contributed by atoms with Gasteiger partial charge in [0.15, 0.2) is 41.8 Å². The predicted octanol–water partition coefficient (Wildman–Crippen LogP) is 4.44. The number of alkyl carbamates (subject to hydrolysis) is 1. The number of Topliss-reactive ketones (excluding diaryl/α,β-unsaturated/α-hetero) is 1. The Morgan fingerprint density at radius 3 is 2.09 bits per heavy atom. The lowest BCUT2D eigenvalue weighted by atomic mass is 9.75. The number of nitrogens with one attached hydrogen (secondary N) is 6. The fourth-order valence-corrected chi connectivity index (χ4v) is 18.9. The Labute approximate surface area is 763 Å². The van der Waals surface area contributed by atoms with Crippen molar-refractivity contribution in [2.45, 2.75) is 246 Å². The van der Waals surface area contributed by atoms with Gasteiger partial charge in [0.1, 0.15) is 49.0 Å². The molecule has 4 fully saturated rings. The fraction of sp³-hybridized carbons (Fsp3) is 0.605. The normalized spacial score (nSPS) is 28.3. The van der Waals surface area contributed by atoms with Crippen LogP contribution in [0.2, 0.25) is 0 Å².